The van der Waals surface area contributed by atoms with Crippen LogP contribution in [0.2, 0.25) is 0 Å². The minimum absolute atomic E-state index is 0.100. The number of esters is 1. The number of carbonyl (C=O) groups excluding carboxylic acids is 1. The minimum Gasteiger partial charge on any atom is -0.508 e. The van der Waals surface area contributed by atoms with Gasteiger partial charge >= 0.3 is 5.97 Å². The van der Waals surface area contributed by atoms with E-state index in [1.165, 1.54) is 0 Å². The maximum absolute atomic E-state index is 12.4. The number of aliphatic hydroxyl groups is 1. The number of aromatic hydroxyl groups is 1. The summed E-state index contributed by atoms with van der Waals surface area (Å²) in [6.45, 7) is 0.100. The zero-order chi connectivity index (χ0) is 17.1. The second-order valence-corrected chi connectivity index (χ2v) is 5.87. The number of hydrogen-bond donors (Lipinski definition) is 2. The Labute approximate surface area is 140 Å². The van der Waals surface area contributed by atoms with Crippen molar-refractivity contribution in [1.82, 2.24) is 0 Å². The smallest absolute Gasteiger partial charge is 0.319 e. The van der Waals surface area contributed by atoms with Gasteiger partial charge in [-0.2, -0.15) is 0 Å². The first-order valence-electron chi connectivity index (χ1n) is 7.93. The van der Waals surface area contributed by atoms with E-state index < -0.39 is 5.92 Å². The third-order valence-corrected chi connectivity index (χ3v) is 4.28. The Balaban J connectivity index is 1.91. The SMILES string of the molecule is COc1cc2c(cc1CCCO)OC(=O)C(c1ccc(O)cc1)C2. The molecule has 1 aliphatic rings. The Morgan fingerprint density at radius 1 is 1.25 bits per heavy atom. The molecule has 0 saturated carbocycles. The van der Waals surface area contributed by atoms with Crippen molar-refractivity contribution in [3.63, 3.8) is 0 Å². The fourth-order valence-corrected chi connectivity index (χ4v) is 3.00. The summed E-state index contributed by atoms with van der Waals surface area (Å²) < 4.78 is 11.0. The van der Waals surface area contributed by atoms with E-state index in [-0.39, 0.29) is 18.3 Å². The number of rotatable bonds is 5. The lowest BCUT2D eigenvalue weighted by Gasteiger charge is -2.25. The van der Waals surface area contributed by atoms with Crippen LogP contribution in [0.4, 0.5) is 0 Å². The molecule has 3 rings (SSSR count). The molecule has 5 heteroatoms. The van der Waals surface area contributed by atoms with Gasteiger partial charge in [-0.25, -0.2) is 0 Å². The lowest BCUT2D eigenvalue weighted by atomic mass is 9.88. The van der Waals surface area contributed by atoms with Gasteiger partial charge in [0.15, 0.2) is 0 Å². The summed E-state index contributed by atoms with van der Waals surface area (Å²) in [5.74, 6) is 0.768. The van der Waals surface area contributed by atoms with Gasteiger partial charge in [0.2, 0.25) is 0 Å². The molecule has 0 amide bonds. The zero-order valence-electron chi connectivity index (χ0n) is 13.5. The van der Waals surface area contributed by atoms with Gasteiger partial charge in [-0.3, -0.25) is 4.79 Å². The summed E-state index contributed by atoms with van der Waals surface area (Å²) in [5.41, 5.74) is 2.64. The Kier molecular flexibility index (Phi) is 4.71. The average Bonchev–Trinajstić information content (AvgIpc) is 2.59. The van der Waals surface area contributed by atoms with Gasteiger partial charge < -0.3 is 19.7 Å². The van der Waals surface area contributed by atoms with Gasteiger partial charge in [0.1, 0.15) is 17.2 Å². The van der Waals surface area contributed by atoms with Crippen molar-refractivity contribution in [1.29, 1.82) is 0 Å². The van der Waals surface area contributed by atoms with E-state index in [0.29, 0.717) is 25.0 Å². The molecular weight excluding hydrogens is 308 g/mol. The first-order chi connectivity index (χ1) is 11.6. The molecule has 0 aliphatic carbocycles. The van der Waals surface area contributed by atoms with Crippen molar-refractivity contribution in [2.75, 3.05) is 13.7 Å². The fraction of sp³-hybridized carbons (Fsp3) is 0.316. The number of phenolic OH excluding ortho intramolecular Hbond substituents is 1. The van der Waals surface area contributed by atoms with Crippen LogP contribution in [0.1, 0.15) is 29.0 Å². The molecular formula is C19H20O5. The number of fused-ring (bicyclic) bond motifs is 1. The van der Waals surface area contributed by atoms with E-state index in [0.717, 1.165) is 22.4 Å². The van der Waals surface area contributed by atoms with Crippen molar-refractivity contribution >= 4 is 5.97 Å². The summed E-state index contributed by atoms with van der Waals surface area (Å²) in [7, 11) is 1.61. The molecule has 1 heterocycles. The molecule has 0 spiro atoms. The molecule has 0 radical (unpaired) electrons. The minimum atomic E-state index is -0.397. The van der Waals surface area contributed by atoms with Gasteiger partial charge in [0.25, 0.3) is 0 Å². The summed E-state index contributed by atoms with van der Waals surface area (Å²) in [6.07, 6.45) is 1.81. The van der Waals surface area contributed by atoms with E-state index in [4.69, 9.17) is 14.6 Å². The molecule has 1 unspecified atom stereocenters. The molecule has 2 aromatic rings. The molecule has 2 N–H and O–H groups in total. The van der Waals surface area contributed by atoms with Crippen molar-refractivity contribution in [2.45, 2.75) is 25.2 Å². The van der Waals surface area contributed by atoms with Crippen LogP contribution in [0.15, 0.2) is 36.4 Å². The summed E-state index contributed by atoms with van der Waals surface area (Å²) in [4.78, 5) is 12.4. The fourth-order valence-electron chi connectivity index (χ4n) is 3.00. The number of benzene rings is 2. The summed E-state index contributed by atoms with van der Waals surface area (Å²) >= 11 is 0. The average molecular weight is 328 g/mol. The molecule has 0 saturated heterocycles. The first-order valence-corrected chi connectivity index (χ1v) is 7.93. The van der Waals surface area contributed by atoms with E-state index in [2.05, 4.69) is 0 Å². The second-order valence-electron chi connectivity index (χ2n) is 5.87. The number of aryl methyl sites for hydroxylation is 1. The number of carbonyl (C=O) groups is 1. The van der Waals surface area contributed by atoms with E-state index in [1.54, 1.807) is 31.4 Å². The monoisotopic (exact) mass is 328 g/mol. The molecule has 24 heavy (non-hydrogen) atoms. The maximum atomic E-state index is 12.4. The highest BCUT2D eigenvalue weighted by molar-refractivity contribution is 5.83. The predicted molar refractivity (Wildman–Crippen MR) is 88.6 cm³/mol. The van der Waals surface area contributed by atoms with Crippen molar-refractivity contribution < 1.29 is 24.5 Å². The Morgan fingerprint density at radius 3 is 2.67 bits per heavy atom. The normalized spacial score (nSPS) is 16.4. The molecule has 2 aromatic carbocycles. The summed E-state index contributed by atoms with van der Waals surface area (Å²) in [5, 5.41) is 18.4. The molecule has 0 aromatic heterocycles. The summed E-state index contributed by atoms with van der Waals surface area (Å²) in [6, 6.07) is 10.3. The standard InChI is InChI=1S/C19H20O5/c1-23-17-11-14-9-16(12-4-6-15(21)7-5-12)19(22)24-18(14)10-13(17)3-2-8-20/h4-7,10-11,16,20-21H,2-3,8-9H2,1H3. The van der Waals surface area contributed by atoms with Crippen LogP contribution >= 0.6 is 0 Å². The van der Waals surface area contributed by atoms with Gasteiger partial charge in [-0.1, -0.05) is 12.1 Å². The number of aliphatic hydroxyl groups excluding tert-OH is 1. The predicted octanol–water partition coefficient (Wildman–Crippen LogP) is 2.57. The van der Waals surface area contributed by atoms with Crippen molar-refractivity contribution in [3.8, 4) is 17.2 Å². The van der Waals surface area contributed by atoms with E-state index in [9.17, 15) is 9.90 Å². The first kappa shape index (κ1) is 16.3. The Morgan fingerprint density at radius 2 is 2.00 bits per heavy atom. The molecule has 5 nitrogen and oxygen atoms in total. The van der Waals surface area contributed by atoms with Gasteiger partial charge in [0.05, 0.1) is 13.0 Å². The van der Waals surface area contributed by atoms with Crippen LogP contribution in [0.3, 0.4) is 0 Å². The Bertz CT molecular complexity index is 736. The molecule has 1 aliphatic heterocycles. The van der Waals surface area contributed by atoms with E-state index in [1.807, 2.05) is 12.1 Å². The van der Waals surface area contributed by atoms with Crippen molar-refractivity contribution in [2.24, 2.45) is 0 Å². The largest absolute Gasteiger partial charge is 0.508 e. The molecule has 0 bridgehead atoms. The Hall–Kier alpha value is -2.53. The maximum Gasteiger partial charge on any atom is 0.319 e. The van der Waals surface area contributed by atoms with Gasteiger partial charge in [0, 0.05) is 6.61 Å². The highest BCUT2D eigenvalue weighted by atomic mass is 16.5. The molecule has 0 fully saturated rings. The van der Waals surface area contributed by atoms with Crippen LogP contribution in [0.5, 0.6) is 17.2 Å². The topological polar surface area (TPSA) is 76.0 Å². The molecule has 1 atom stereocenters. The quantitative estimate of drug-likeness (QED) is 0.652. The highest BCUT2D eigenvalue weighted by Gasteiger charge is 2.30. The van der Waals surface area contributed by atoms with Crippen molar-refractivity contribution in [3.05, 3.63) is 53.1 Å². The van der Waals surface area contributed by atoms with Gasteiger partial charge in [-0.05, 0) is 60.2 Å². The van der Waals surface area contributed by atoms with Crippen LogP contribution in [-0.2, 0) is 17.6 Å². The second kappa shape index (κ2) is 6.93. The third-order valence-electron chi connectivity index (χ3n) is 4.28. The lowest BCUT2D eigenvalue weighted by molar-refractivity contribution is -0.137. The zero-order valence-corrected chi connectivity index (χ0v) is 13.5. The van der Waals surface area contributed by atoms with Crippen LogP contribution in [0.25, 0.3) is 0 Å². The number of ether oxygens (including phenoxy) is 2. The highest BCUT2D eigenvalue weighted by Crippen LogP contribution is 2.38. The van der Waals surface area contributed by atoms with Gasteiger partial charge in [-0.15, -0.1) is 0 Å². The third kappa shape index (κ3) is 3.21. The van der Waals surface area contributed by atoms with E-state index >= 15 is 0 Å². The number of methoxy groups -OCH3 is 1. The van der Waals surface area contributed by atoms with Crippen LogP contribution in [-0.4, -0.2) is 29.9 Å². The van der Waals surface area contributed by atoms with Crippen LogP contribution in [0, 0.1) is 0 Å². The molecule has 126 valence electrons. The van der Waals surface area contributed by atoms with Crippen LogP contribution < -0.4 is 9.47 Å². The lowest BCUT2D eigenvalue weighted by Crippen LogP contribution is -2.26. The number of hydrogen-bond acceptors (Lipinski definition) is 5. The number of phenols is 1.